The fourth-order valence-corrected chi connectivity index (χ4v) is 2.96. The van der Waals surface area contributed by atoms with Crippen LogP contribution in [-0.2, 0) is 10.0 Å². The molecule has 23 heavy (non-hydrogen) atoms. The Morgan fingerprint density at radius 2 is 1.87 bits per heavy atom. The van der Waals surface area contributed by atoms with E-state index in [0.29, 0.717) is 11.4 Å². The number of hydrogen-bond acceptors (Lipinski definition) is 5. The van der Waals surface area contributed by atoms with Crippen LogP contribution in [0.2, 0.25) is 0 Å². The van der Waals surface area contributed by atoms with E-state index in [2.05, 4.69) is 21.9 Å². The summed E-state index contributed by atoms with van der Waals surface area (Å²) in [4.78, 5) is 4.37. The Labute approximate surface area is 137 Å². The highest BCUT2D eigenvalue weighted by Gasteiger charge is 2.14. The van der Waals surface area contributed by atoms with E-state index in [9.17, 15) is 8.42 Å². The molecule has 0 bridgehead atoms. The van der Waals surface area contributed by atoms with Crippen LogP contribution in [0, 0.1) is 0 Å². The van der Waals surface area contributed by atoms with Gasteiger partial charge in [-0.2, -0.15) is 0 Å². The Balaban J connectivity index is 2.04. The lowest BCUT2D eigenvalue weighted by Gasteiger charge is -2.09. The number of sulfonamides is 1. The number of benzene rings is 1. The first-order valence-electron chi connectivity index (χ1n) is 7.42. The maximum Gasteiger partial charge on any atom is 0.261 e. The predicted molar refractivity (Wildman–Crippen MR) is 91.4 cm³/mol. The molecular formula is C16H21N3O3S. The molecule has 2 aromatic rings. The summed E-state index contributed by atoms with van der Waals surface area (Å²) in [6, 6.07) is 9.63. The molecule has 7 heteroatoms. The molecule has 0 aliphatic carbocycles. The molecule has 1 heterocycles. The van der Waals surface area contributed by atoms with E-state index in [1.165, 1.54) is 25.4 Å². The number of methoxy groups -OCH3 is 1. The van der Waals surface area contributed by atoms with Crippen molar-refractivity contribution in [3.05, 3.63) is 42.6 Å². The second kappa shape index (κ2) is 7.82. The Morgan fingerprint density at radius 1 is 1.13 bits per heavy atom. The van der Waals surface area contributed by atoms with E-state index in [0.717, 1.165) is 25.2 Å². The van der Waals surface area contributed by atoms with E-state index < -0.39 is 10.0 Å². The highest BCUT2D eigenvalue weighted by Crippen LogP contribution is 2.19. The minimum Gasteiger partial charge on any atom is -0.497 e. The van der Waals surface area contributed by atoms with Crippen LogP contribution in [0.5, 0.6) is 5.75 Å². The highest BCUT2D eigenvalue weighted by atomic mass is 32.2. The number of rotatable bonds is 8. The fraction of sp³-hybridized carbons (Fsp3) is 0.312. The maximum absolute atomic E-state index is 12.3. The lowest BCUT2D eigenvalue weighted by molar-refractivity contribution is 0.414. The molecule has 0 unspecified atom stereocenters. The van der Waals surface area contributed by atoms with Gasteiger partial charge in [0.05, 0.1) is 23.9 Å². The molecule has 0 amide bonds. The fourth-order valence-electron chi connectivity index (χ4n) is 1.92. The van der Waals surface area contributed by atoms with E-state index in [1.807, 2.05) is 0 Å². The second-order valence-electron chi connectivity index (χ2n) is 4.99. The monoisotopic (exact) mass is 335 g/mol. The van der Waals surface area contributed by atoms with Crippen molar-refractivity contribution < 1.29 is 13.2 Å². The highest BCUT2D eigenvalue weighted by molar-refractivity contribution is 7.92. The van der Waals surface area contributed by atoms with Crippen molar-refractivity contribution in [2.75, 3.05) is 23.7 Å². The summed E-state index contributed by atoms with van der Waals surface area (Å²) in [6.45, 7) is 2.96. The number of hydrogen-bond donors (Lipinski definition) is 2. The van der Waals surface area contributed by atoms with Crippen LogP contribution < -0.4 is 14.8 Å². The Bertz CT molecular complexity index is 713. The van der Waals surface area contributed by atoms with Gasteiger partial charge in [0, 0.05) is 6.54 Å². The summed E-state index contributed by atoms with van der Waals surface area (Å²) in [6.07, 6.45) is 3.66. The van der Waals surface area contributed by atoms with Crippen LogP contribution in [-0.4, -0.2) is 27.1 Å². The summed E-state index contributed by atoms with van der Waals surface area (Å²) < 4.78 is 32.1. The van der Waals surface area contributed by atoms with E-state index >= 15 is 0 Å². The zero-order valence-electron chi connectivity index (χ0n) is 13.2. The third-order valence-corrected chi connectivity index (χ3v) is 4.62. The molecular weight excluding hydrogens is 314 g/mol. The van der Waals surface area contributed by atoms with Gasteiger partial charge in [-0.25, -0.2) is 13.4 Å². The third-order valence-electron chi connectivity index (χ3n) is 3.22. The van der Waals surface area contributed by atoms with Crippen LogP contribution in [0.4, 0.5) is 11.5 Å². The van der Waals surface area contributed by atoms with Gasteiger partial charge in [0.2, 0.25) is 0 Å². The molecule has 0 atom stereocenters. The van der Waals surface area contributed by atoms with Crippen molar-refractivity contribution in [3.63, 3.8) is 0 Å². The number of nitrogens with zero attached hydrogens (tertiary/aromatic N) is 1. The zero-order valence-corrected chi connectivity index (χ0v) is 14.1. The molecule has 0 radical (unpaired) electrons. The van der Waals surface area contributed by atoms with Crippen molar-refractivity contribution in [2.45, 2.75) is 24.7 Å². The van der Waals surface area contributed by atoms with Crippen LogP contribution in [0.25, 0.3) is 0 Å². The van der Waals surface area contributed by atoms with Crippen molar-refractivity contribution in [3.8, 4) is 5.75 Å². The maximum atomic E-state index is 12.3. The summed E-state index contributed by atoms with van der Waals surface area (Å²) >= 11 is 0. The molecule has 0 aliphatic heterocycles. The average Bonchev–Trinajstić information content (AvgIpc) is 2.56. The topological polar surface area (TPSA) is 80.3 Å². The summed E-state index contributed by atoms with van der Waals surface area (Å²) in [7, 11) is -2.11. The standard InChI is InChI=1S/C16H21N3O3S/c1-3-4-11-17-16-10-5-13(12-18-16)19-23(20,21)15-8-6-14(22-2)7-9-15/h5-10,12,19H,3-4,11H2,1-2H3,(H,17,18). The van der Waals surface area contributed by atoms with Gasteiger partial charge in [0.1, 0.15) is 11.6 Å². The van der Waals surface area contributed by atoms with E-state index in [4.69, 9.17) is 4.74 Å². The Kier molecular flexibility index (Phi) is 5.81. The van der Waals surface area contributed by atoms with Crippen molar-refractivity contribution in [1.29, 1.82) is 0 Å². The number of ether oxygens (including phenoxy) is 1. The first kappa shape index (κ1) is 17.1. The second-order valence-corrected chi connectivity index (χ2v) is 6.68. The van der Waals surface area contributed by atoms with Gasteiger partial charge < -0.3 is 10.1 Å². The molecule has 0 saturated carbocycles. The van der Waals surface area contributed by atoms with Gasteiger partial charge >= 0.3 is 0 Å². The van der Waals surface area contributed by atoms with E-state index in [1.54, 1.807) is 24.3 Å². The molecule has 124 valence electrons. The normalized spacial score (nSPS) is 11.0. The molecule has 1 aromatic heterocycles. The molecule has 6 nitrogen and oxygen atoms in total. The lowest BCUT2D eigenvalue weighted by Crippen LogP contribution is -2.13. The number of pyridine rings is 1. The average molecular weight is 335 g/mol. The molecule has 2 rings (SSSR count). The zero-order chi connectivity index (χ0) is 16.7. The smallest absolute Gasteiger partial charge is 0.261 e. The van der Waals surface area contributed by atoms with Crippen LogP contribution in [0.1, 0.15) is 19.8 Å². The van der Waals surface area contributed by atoms with Crippen molar-refractivity contribution >= 4 is 21.5 Å². The van der Waals surface area contributed by atoms with Crippen molar-refractivity contribution in [2.24, 2.45) is 0 Å². The van der Waals surface area contributed by atoms with Gasteiger partial charge in [0.15, 0.2) is 0 Å². The van der Waals surface area contributed by atoms with Gasteiger partial charge in [-0.3, -0.25) is 4.72 Å². The van der Waals surface area contributed by atoms with Gasteiger partial charge in [-0.15, -0.1) is 0 Å². The van der Waals surface area contributed by atoms with Crippen LogP contribution in [0.15, 0.2) is 47.5 Å². The summed E-state index contributed by atoms with van der Waals surface area (Å²) in [5.41, 5.74) is 0.418. The van der Waals surface area contributed by atoms with Gasteiger partial charge in [0.25, 0.3) is 10.0 Å². The Hall–Kier alpha value is -2.28. The lowest BCUT2D eigenvalue weighted by atomic mass is 10.3. The number of aromatic nitrogens is 1. The molecule has 2 N–H and O–H groups in total. The summed E-state index contributed by atoms with van der Waals surface area (Å²) in [5, 5.41) is 3.18. The third kappa shape index (κ3) is 4.85. The molecule has 0 spiro atoms. The first-order valence-corrected chi connectivity index (χ1v) is 8.90. The number of unbranched alkanes of at least 4 members (excludes halogenated alkanes) is 1. The SMILES string of the molecule is CCCCNc1ccc(NS(=O)(=O)c2ccc(OC)cc2)cn1. The first-order chi connectivity index (χ1) is 11.0. The molecule has 0 aliphatic rings. The van der Waals surface area contributed by atoms with Crippen LogP contribution in [0.3, 0.4) is 0 Å². The summed E-state index contributed by atoms with van der Waals surface area (Å²) in [5.74, 6) is 1.33. The minimum absolute atomic E-state index is 0.170. The van der Waals surface area contributed by atoms with Crippen molar-refractivity contribution in [1.82, 2.24) is 4.98 Å². The quantitative estimate of drug-likeness (QED) is 0.725. The van der Waals surface area contributed by atoms with Crippen LogP contribution >= 0.6 is 0 Å². The van der Waals surface area contributed by atoms with Gasteiger partial charge in [-0.1, -0.05) is 13.3 Å². The number of anilines is 2. The predicted octanol–water partition coefficient (Wildman–Crippen LogP) is 3.10. The van der Waals surface area contributed by atoms with E-state index in [-0.39, 0.29) is 4.90 Å². The Morgan fingerprint density at radius 3 is 2.43 bits per heavy atom. The minimum atomic E-state index is -3.64. The van der Waals surface area contributed by atoms with Gasteiger partial charge in [-0.05, 0) is 42.8 Å². The molecule has 1 aromatic carbocycles. The molecule has 0 fully saturated rings. The number of nitrogens with one attached hydrogen (secondary N) is 2. The largest absolute Gasteiger partial charge is 0.497 e. The molecule has 0 saturated heterocycles.